The fourth-order valence-corrected chi connectivity index (χ4v) is 4.98. The van der Waals surface area contributed by atoms with Crippen LogP contribution in [0, 0.1) is 0 Å². The van der Waals surface area contributed by atoms with Crippen LogP contribution in [-0.2, 0) is 30.3 Å². The Labute approximate surface area is 194 Å². The van der Waals surface area contributed by atoms with Crippen molar-refractivity contribution in [3.05, 3.63) is 71.8 Å². The standard InChI is InChI=1S/C23H25BrO6S/c1-15(25)31-21-19(30-22(26)17-11-7-4-8-12-17)18(13-24)29-23(27-2)20(21)28-14-16-9-5-3-6-10-16/h3-12,18-21,23H,13-14H2,1-2H3/t18-,19-,20+,21+,23+/m1/s1. The van der Waals surface area contributed by atoms with Crippen LogP contribution in [0.4, 0.5) is 0 Å². The van der Waals surface area contributed by atoms with Crippen LogP contribution in [0.5, 0.6) is 0 Å². The van der Waals surface area contributed by atoms with Gasteiger partial charge in [-0.2, -0.15) is 0 Å². The van der Waals surface area contributed by atoms with Gasteiger partial charge in [-0.05, 0) is 17.7 Å². The number of hydrogen-bond donors (Lipinski definition) is 0. The van der Waals surface area contributed by atoms with Crippen LogP contribution in [-0.4, -0.2) is 53.4 Å². The highest BCUT2D eigenvalue weighted by Crippen LogP contribution is 2.36. The summed E-state index contributed by atoms with van der Waals surface area (Å²) in [4.78, 5) is 24.9. The number of ether oxygens (including phenoxy) is 4. The summed E-state index contributed by atoms with van der Waals surface area (Å²) in [5.41, 5.74) is 1.40. The first-order chi connectivity index (χ1) is 15.0. The molecule has 0 aliphatic carbocycles. The van der Waals surface area contributed by atoms with Crippen molar-refractivity contribution in [2.45, 2.75) is 43.4 Å². The molecule has 0 saturated carbocycles. The summed E-state index contributed by atoms with van der Waals surface area (Å²) >= 11 is 4.52. The molecule has 0 amide bonds. The van der Waals surface area contributed by atoms with Crippen molar-refractivity contribution in [1.82, 2.24) is 0 Å². The lowest BCUT2D eigenvalue weighted by Gasteiger charge is -2.44. The molecular formula is C23H25BrO6S. The van der Waals surface area contributed by atoms with E-state index in [0.29, 0.717) is 17.5 Å². The fraction of sp³-hybridized carbons (Fsp3) is 0.391. The smallest absolute Gasteiger partial charge is 0.338 e. The predicted octanol–water partition coefficient (Wildman–Crippen LogP) is 4.21. The first-order valence-electron chi connectivity index (χ1n) is 9.86. The monoisotopic (exact) mass is 508 g/mol. The Hall–Kier alpha value is -1.71. The first kappa shape index (κ1) is 23.9. The van der Waals surface area contributed by atoms with E-state index >= 15 is 0 Å². The molecule has 0 unspecified atom stereocenters. The lowest BCUT2D eigenvalue weighted by atomic mass is 10.0. The molecule has 1 aliphatic heterocycles. The van der Waals surface area contributed by atoms with Crippen LogP contribution >= 0.6 is 27.7 Å². The number of methoxy groups -OCH3 is 1. The number of hydrogen-bond acceptors (Lipinski definition) is 7. The largest absolute Gasteiger partial charge is 0.455 e. The van der Waals surface area contributed by atoms with Gasteiger partial charge in [0.15, 0.2) is 11.4 Å². The van der Waals surface area contributed by atoms with Gasteiger partial charge in [-0.3, -0.25) is 4.79 Å². The molecule has 0 aromatic heterocycles. The summed E-state index contributed by atoms with van der Waals surface area (Å²) in [6, 6.07) is 18.4. The first-order valence-corrected chi connectivity index (χ1v) is 11.9. The van der Waals surface area contributed by atoms with Crippen molar-refractivity contribution in [3.63, 3.8) is 0 Å². The lowest BCUT2D eigenvalue weighted by molar-refractivity contribution is -0.259. The quantitative estimate of drug-likeness (QED) is 0.390. The van der Waals surface area contributed by atoms with Crippen molar-refractivity contribution in [2.24, 2.45) is 0 Å². The van der Waals surface area contributed by atoms with Crippen LogP contribution in [0.1, 0.15) is 22.8 Å². The van der Waals surface area contributed by atoms with Crippen LogP contribution in [0.3, 0.4) is 0 Å². The maximum atomic E-state index is 12.8. The number of benzene rings is 2. The van der Waals surface area contributed by atoms with E-state index in [1.807, 2.05) is 36.4 Å². The molecule has 0 radical (unpaired) electrons. The molecule has 3 rings (SSSR count). The van der Waals surface area contributed by atoms with Crippen molar-refractivity contribution in [3.8, 4) is 0 Å². The van der Waals surface area contributed by atoms with E-state index in [0.717, 1.165) is 17.3 Å². The summed E-state index contributed by atoms with van der Waals surface area (Å²) in [5.74, 6) is -0.480. The van der Waals surface area contributed by atoms with Crippen molar-refractivity contribution < 1.29 is 28.5 Å². The molecule has 31 heavy (non-hydrogen) atoms. The third-order valence-corrected chi connectivity index (χ3v) is 6.59. The Morgan fingerprint density at radius 1 is 1.03 bits per heavy atom. The van der Waals surface area contributed by atoms with Crippen molar-refractivity contribution >= 4 is 38.8 Å². The number of esters is 1. The topological polar surface area (TPSA) is 71.1 Å². The molecule has 1 fully saturated rings. The zero-order chi connectivity index (χ0) is 22.2. The normalized spacial score (nSPS) is 25.7. The molecule has 1 heterocycles. The predicted molar refractivity (Wildman–Crippen MR) is 122 cm³/mol. The third-order valence-electron chi connectivity index (χ3n) is 4.82. The maximum Gasteiger partial charge on any atom is 0.338 e. The molecule has 6 nitrogen and oxygen atoms in total. The van der Waals surface area contributed by atoms with Gasteiger partial charge in [0, 0.05) is 19.4 Å². The van der Waals surface area contributed by atoms with Gasteiger partial charge in [0.25, 0.3) is 0 Å². The molecule has 1 aliphatic rings. The summed E-state index contributed by atoms with van der Waals surface area (Å²) in [5, 5.41) is -0.209. The number of thioether (sulfide) groups is 1. The lowest BCUT2D eigenvalue weighted by Crippen LogP contribution is -2.59. The summed E-state index contributed by atoms with van der Waals surface area (Å²) < 4.78 is 23.6. The summed E-state index contributed by atoms with van der Waals surface area (Å²) in [6.45, 7) is 1.79. The summed E-state index contributed by atoms with van der Waals surface area (Å²) in [7, 11) is 1.53. The molecule has 2 aromatic carbocycles. The second kappa shape index (κ2) is 11.8. The molecule has 0 N–H and O–H groups in total. The number of halogens is 1. The molecule has 166 valence electrons. The van der Waals surface area contributed by atoms with Gasteiger partial charge in [-0.25, -0.2) is 4.79 Å². The minimum atomic E-state index is -0.715. The fourth-order valence-electron chi connectivity index (χ4n) is 3.37. The molecular weight excluding hydrogens is 484 g/mol. The van der Waals surface area contributed by atoms with Crippen LogP contribution < -0.4 is 0 Å². The number of carbonyl (C=O) groups excluding carboxylic acids is 2. The van der Waals surface area contributed by atoms with Gasteiger partial charge in [-0.1, -0.05) is 76.2 Å². The number of carbonyl (C=O) groups is 2. The van der Waals surface area contributed by atoms with E-state index in [4.69, 9.17) is 18.9 Å². The molecule has 5 atom stereocenters. The van der Waals surface area contributed by atoms with Gasteiger partial charge < -0.3 is 18.9 Å². The SMILES string of the molecule is CO[C@H]1O[C@H](CBr)[C@@H](OC(=O)c2ccccc2)[C@H](SC(C)=O)[C@@H]1OCc1ccccc1. The van der Waals surface area contributed by atoms with E-state index in [-0.39, 0.29) is 5.12 Å². The van der Waals surface area contributed by atoms with Gasteiger partial charge in [0.2, 0.25) is 0 Å². The molecule has 8 heteroatoms. The average Bonchev–Trinajstić information content (AvgIpc) is 2.79. The Kier molecular flexibility index (Phi) is 9.10. The van der Waals surface area contributed by atoms with E-state index in [1.54, 1.807) is 24.3 Å². The van der Waals surface area contributed by atoms with E-state index in [2.05, 4.69) is 15.9 Å². The van der Waals surface area contributed by atoms with Gasteiger partial charge >= 0.3 is 5.97 Å². The molecule has 0 bridgehead atoms. The number of alkyl halides is 1. The second-order valence-corrected chi connectivity index (χ2v) is 9.01. The van der Waals surface area contributed by atoms with E-state index in [1.165, 1.54) is 14.0 Å². The van der Waals surface area contributed by atoms with E-state index < -0.39 is 35.8 Å². The van der Waals surface area contributed by atoms with Gasteiger partial charge in [0.1, 0.15) is 18.3 Å². The van der Waals surface area contributed by atoms with E-state index in [9.17, 15) is 9.59 Å². The highest BCUT2D eigenvalue weighted by molar-refractivity contribution is 9.09. The Morgan fingerprint density at radius 2 is 1.68 bits per heavy atom. The molecule has 2 aromatic rings. The van der Waals surface area contributed by atoms with Crippen LogP contribution in [0.2, 0.25) is 0 Å². The second-order valence-electron chi connectivity index (χ2n) is 7.00. The number of rotatable bonds is 8. The minimum absolute atomic E-state index is 0.107. The summed E-state index contributed by atoms with van der Waals surface area (Å²) in [6.07, 6.45) is -2.56. The molecule has 1 saturated heterocycles. The Bertz CT molecular complexity index is 850. The average molecular weight is 509 g/mol. The Morgan fingerprint density at radius 3 is 2.26 bits per heavy atom. The van der Waals surface area contributed by atoms with Gasteiger partial charge in [0.05, 0.1) is 17.4 Å². The molecule has 0 spiro atoms. The maximum absolute atomic E-state index is 12.8. The highest BCUT2D eigenvalue weighted by Gasteiger charge is 2.49. The zero-order valence-electron chi connectivity index (χ0n) is 17.3. The van der Waals surface area contributed by atoms with Crippen LogP contribution in [0.15, 0.2) is 60.7 Å². The Balaban J connectivity index is 1.86. The highest BCUT2D eigenvalue weighted by atomic mass is 79.9. The van der Waals surface area contributed by atoms with Crippen molar-refractivity contribution in [1.29, 1.82) is 0 Å². The minimum Gasteiger partial charge on any atom is -0.455 e. The van der Waals surface area contributed by atoms with Gasteiger partial charge in [-0.15, -0.1) is 0 Å². The third kappa shape index (κ3) is 6.40. The van der Waals surface area contributed by atoms with Crippen LogP contribution in [0.25, 0.3) is 0 Å². The zero-order valence-corrected chi connectivity index (χ0v) is 19.7. The van der Waals surface area contributed by atoms with Crippen molar-refractivity contribution in [2.75, 3.05) is 12.4 Å².